The molecule has 1 aromatic heterocycles. The lowest BCUT2D eigenvalue weighted by Crippen LogP contribution is -2.26. The number of benzene rings is 2. The summed E-state index contributed by atoms with van der Waals surface area (Å²) in [5.74, 6) is 0.135. The van der Waals surface area contributed by atoms with Crippen LogP contribution in [0.25, 0.3) is 11.0 Å². The smallest absolute Gasteiger partial charge is 0.294 e. The topological polar surface area (TPSA) is 33.5 Å². The van der Waals surface area contributed by atoms with Gasteiger partial charge in [-0.15, -0.1) is 0 Å². The van der Waals surface area contributed by atoms with Crippen molar-refractivity contribution in [3.63, 3.8) is 0 Å². The molecule has 0 saturated carbocycles. The maximum Gasteiger partial charge on any atom is 0.294 e. The van der Waals surface area contributed by atoms with Gasteiger partial charge in [-0.25, -0.2) is 0 Å². The lowest BCUT2D eigenvalue weighted by atomic mass is 10.1. The molecule has 3 rings (SSSR count). The fourth-order valence-corrected chi connectivity index (χ4v) is 2.55. The Labute approximate surface area is 127 Å². The van der Waals surface area contributed by atoms with Crippen molar-refractivity contribution >= 4 is 34.2 Å². The molecule has 0 bridgehead atoms. The third-order valence-electron chi connectivity index (χ3n) is 3.56. The summed E-state index contributed by atoms with van der Waals surface area (Å²) in [5, 5.41) is 1.38. The van der Waals surface area contributed by atoms with E-state index in [1.807, 2.05) is 49.4 Å². The van der Waals surface area contributed by atoms with Crippen molar-refractivity contribution in [2.75, 3.05) is 11.9 Å². The van der Waals surface area contributed by atoms with Gasteiger partial charge < -0.3 is 9.32 Å². The summed E-state index contributed by atoms with van der Waals surface area (Å²) in [4.78, 5) is 14.2. The van der Waals surface area contributed by atoms with Gasteiger partial charge in [-0.05, 0) is 25.1 Å². The summed E-state index contributed by atoms with van der Waals surface area (Å²) >= 11 is 6.12. The molecule has 0 aliphatic heterocycles. The summed E-state index contributed by atoms with van der Waals surface area (Å²) in [6.07, 6.45) is 0. The normalized spacial score (nSPS) is 10.8. The summed E-state index contributed by atoms with van der Waals surface area (Å²) in [5.41, 5.74) is 2.18. The van der Waals surface area contributed by atoms with Crippen molar-refractivity contribution in [2.45, 2.75) is 6.92 Å². The number of amides is 1. The number of nitrogens with zero attached hydrogens (tertiary/aromatic N) is 1. The van der Waals surface area contributed by atoms with Gasteiger partial charge in [0.15, 0.2) is 11.3 Å². The highest BCUT2D eigenvalue weighted by Gasteiger charge is 2.22. The maximum absolute atomic E-state index is 12.6. The van der Waals surface area contributed by atoms with Gasteiger partial charge in [0, 0.05) is 23.7 Å². The molecule has 0 spiro atoms. The van der Waals surface area contributed by atoms with E-state index >= 15 is 0 Å². The molecular weight excluding hydrogens is 286 g/mol. The first kappa shape index (κ1) is 13.7. The van der Waals surface area contributed by atoms with Crippen molar-refractivity contribution < 1.29 is 9.21 Å². The number of hydrogen-bond acceptors (Lipinski definition) is 2. The standard InChI is InChI=1S/C17H14ClNO2/c1-11-13-9-6-10-14(18)16(13)21-15(11)17(20)19(2)12-7-4-3-5-8-12/h3-10H,1-2H3. The van der Waals surface area contributed by atoms with Crippen molar-refractivity contribution in [3.8, 4) is 0 Å². The van der Waals surface area contributed by atoms with Gasteiger partial charge >= 0.3 is 0 Å². The van der Waals surface area contributed by atoms with Crippen LogP contribution in [0.2, 0.25) is 5.02 Å². The Morgan fingerprint density at radius 3 is 2.48 bits per heavy atom. The summed E-state index contributed by atoms with van der Waals surface area (Å²) in [7, 11) is 1.73. The maximum atomic E-state index is 12.6. The van der Waals surface area contributed by atoms with E-state index in [1.54, 1.807) is 18.0 Å². The van der Waals surface area contributed by atoms with Gasteiger partial charge in [0.2, 0.25) is 0 Å². The molecule has 0 unspecified atom stereocenters. The fraction of sp³-hybridized carbons (Fsp3) is 0.118. The monoisotopic (exact) mass is 299 g/mol. The number of fused-ring (bicyclic) bond motifs is 1. The molecule has 0 atom stereocenters. The second-order valence-electron chi connectivity index (χ2n) is 4.87. The van der Waals surface area contributed by atoms with Crippen molar-refractivity contribution in [1.82, 2.24) is 0 Å². The average molecular weight is 300 g/mol. The van der Waals surface area contributed by atoms with Gasteiger partial charge in [-0.3, -0.25) is 4.79 Å². The Kier molecular flexibility index (Phi) is 3.43. The zero-order valence-electron chi connectivity index (χ0n) is 11.8. The van der Waals surface area contributed by atoms with E-state index in [0.29, 0.717) is 16.4 Å². The number of carbonyl (C=O) groups is 1. The van der Waals surface area contributed by atoms with Gasteiger partial charge in [0.25, 0.3) is 5.91 Å². The highest BCUT2D eigenvalue weighted by molar-refractivity contribution is 6.35. The van der Waals surface area contributed by atoms with Crippen LogP contribution in [-0.4, -0.2) is 13.0 Å². The molecule has 106 valence electrons. The first-order chi connectivity index (χ1) is 10.1. The first-order valence-corrected chi connectivity index (χ1v) is 6.98. The number of rotatable bonds is 2. The molecule has 21 heavy (non-hydrogen) atoms. The van der Waals surface area contributed by atoms with Crippen LogP contribution < -0.4 is 4.90 Å². The SMILES string of the molecule is Cc1c(C(=O)N(C)c2ccccc2)oc2c(Cl)cccc12. The molecule has 0 saturated heterocycles. The minimum atomic E-state index is -0.189. The number of carbonyl (C=O) groups excluding carboxylic acids is 1. The number of aryl methyl sites for hydroxylation is 1. The van der Waals surface area contributed by atoms with E-state index < -0.39 is 0 Å². The lowest BCUT2D eigenvalue weighted by Gasteiger charge is -2.16. The number of halogens is 1. The Morgan fingerprint density at radius 2 is 1.81 bits per heavy atom. The summed E-state index contributed by atoms with van der Waals surface area (Å²) in [6.45, 7) is 1.87. The third-order valence-corrected chi connectivity index (χ3v) is 3.86. The van der Waals surface area contributed by atoms with Crippen LogP contribution in [0.3, 0.4) is 0 Å². The van der Waals surface area contributed by atoms with Crippen molar-refractivity contribution in [1.29, 1.82) is 0 Å². The van der Waals surface area contributed by atoms with E-state index in [-0.39, 0.29) is 5.91 Å². The van der Waals surface area contributed by atoms with Gasteiger partial charge in [0.1, 0.15) is 0 Å². The van der Waals surface area contributed by atoms with Crippen LogP contribution in [0.15, 0.2) is 52.9 Å². The van der Waals surface area contributed by atoms with Gasteiger partial charge in [0.05, 0.1) is 5.02 Å². The zero-order chi connectivity index (χ0) is 15.0. The fourth-order valence-electron chi connectivity index (χ4n) is 2.33. The highest BCUT2D eigenvalue weighted by Crippen LogP contribution is 2.31. The molecule has 3 aromatic rings. The van der Waals surface area contributed by atoms with E-state index in [4.69, 9.17) is 16.0 Å². The predicted octanol–water partition coefficient (Wildman–Crippen LogP) is 4.67. The first-order valence-electron chi connectivity index (χ1n) is 6.60. The van der Waals surface area contributed by atoms with Crippen molar-refractivity contribution in [2.24, 2.45) is 0 Å². The van der Waals surface area contributed by atoms with E-state index in [2.05, 4.69) is 0 Å². The molecule has 0 radical (unpaired) electrons. The van der Waals surface area contributed by atoms with Crippen LogP contribution in [0.1, 0.15) is 16.1 Å². The largest absolute Gasteiger partial charge is 0.449 e. The van der Waals surface area contributed by atoms with Crippen LogP contribution in [0.5, 0.6) is 0 Å². The quantitative estimate of drug-likeness (QED) is 0.689. The second-order valence-corrected chi connectivity index (χ2v) is 5.28. The molecular formula is C17H14ClNO2. The lowest BCUT2D eigenvalue weighted by molar-refractivity contribution is 0.0968. The minimum Gasteiger partial charge on any atom is -0.449 e. The van der Waals surface area contributed by atoms with Crippen LogP contribution in [-0.2, 0) is 0 Å². The van der Waals surface area contributed by atoms with Gasteiger partial charge in [-0.2, -0.15) is 0 Å². The number of anilines is 1. The van der Waals surface area contributed by atoms with Gasteiger partial charge in [-0.1, -0.05) is 41.9 Å². The molecule has 0 fully saturated rings. The third kappa shape index (κ3) is 2.30. The van der Waals surface area contributed by atoms with Crippen LogP contribution in [0, 0.1) is 6.92 Å². The molecule has 1 amide bonds. The highest BCUT2D eigenvalue weighted by atomic mass is 35.5. The molecule has 4 heteroatoms. The summed E-state index contributed by atoms with van der Waals surface area (Å²) in [6, 6.07) is 15.0. The van der Waals surface area contributed by atoms with Crippen molar-refractivity contribution in [3.05, 3.63) is 64.9 Å². The Balaban J connectivity index is 2.06. The molecule has 2 aromatic carbocycles. The minimum absolute atomic E-state index is 0.189. The van der Waals surface area contributed by atoms with E-state index in [0.717, 1.165) is 16.6 Å². The van der Waals surface area contributed by atoms with Crippen LogP contribution >= 0.6 is 11.6 Å². The number of furan rings is 1. The van der Waals surface area contributed by atoms with Crippen LogP contribution in [0.4, 0.5) is 5.69 Å². The molecule has 0 aliphatic carbocycles. The van der Waals surface area contributed by atoms with E-state index in [9.17, 15) is 4.79 Å². The molecule has 3 nitrogen and oxygen atoms in total. The Hall–Kier alpha value is -2.26. The predicted molar refractivity (Wildman–Crippen MR) is 85.1 cm³/mol. The Bertz CT molecular complexity index is 808. The Morgan fingerprint density at radius 1 is 1.10 bits per heavy atom. The average Bonchev–Trinajstić information content (AvgIpc) is 2.85. The zero-order valence-corrected chi connectivity index (χ0v) is 12.5. The molecule has 0 N–H and O–H groups in total. The summed E-state index contributed by atoms with van der Waals surface area (Å²) < 4.78 is 5.71. The molecule has 1 heterocycles. The second kappa shape index (κ2) is 5.26. The number of para-hydroxylation sites is 2. The number of hydrogen-bond donors (Lipinski definition) is 0. The molecule has 0 aliphatic rings. The van der Waals surface area contributed by atoms with E-state index in [1.165, 1.54) is 0 Å².